The van der Waals surface area contributed by atoms with Gasteiger partial charge in [0.15, 0.2) is 0 Å². The standard InChI is InChI=1S/C16H22N2O3/c1-3-21-16(20)12(2)17-13-4-6-14(7-5-13)18-10-8-15(19)9-11-18/h4-7,12,17H,3,8-11H2,1-2H3. The number of hydrogen-bond acceptors (Lipinski definition) is 5. The van der Waals surface area contributed by atoms with Gasteiger partial charge in [0.2, 0.25) is 0 Å². The summed E-state index contributed by atoms with van der Waals surface area (Å²) in [5, 5.41) is 3.12. The van der Waals surface area contributed by atoms with Crippen molar-refractivity contribution in [3.8, 4) is 0 Å². The minimum Gasteiger partial charge on any atom is -0.464 e. The van der Waals surface area contributed by atoms with E-state index in [1.54, 1.807) is 13.8 Å². The van der Waals surface area contributed by atoms with E-state index in [4.69, 9.17) is 4.74 Å². The lowest BCUT2D eigenvalue weighted by Crippen LogP contribution is -2.33. The molecule has 0 bridgehead atoms. The molecule has 5 nitrogen and oxygen atoms in total. The Morgan fingerprint density at radius 1 is 1.29 bits per heavy atom. The zero-order valence-electron chi connectivity index (χ0n) is 12.6. The second kappa shape index (κ2) is 7.11. The Labute approximate surface area is 125 Å². The molecule has 1 fully saturated rings. The highest BCUT2D eigenvalue weighted by molar-refractivity contribution is 5.81. The molecule has 0 saturated carbocycles. The van der Waals surface area contributed by atoms with Gasteiger partial charge in [-0.05, 0) is 38.1 Å². The van der Waals surface area contributed by atoms with E-state index in [-0.39, 0.29) is 12.0 Å². The molecule has 1 aliphatic heterocycles. The highest BCUT2D eigenvalue weighted by Gasteiger charge is 2.17. The molecule has 1 aromatic carbocycles. The van der Waals surface area contributed by atoms with Gasteiger partial charge in [-0.2, -0.15) is 0 Å². The summed E-state index contributed by atoms with van der Waals surface area (Å²) in [6.45, 7) is 5.53. The fraction of sp³-hybridized carbons (Fsp3) is 0.500. The number of carbonyl (C=O) groups excluding carboxylic acids is 2. The maximum atomic E-state index is 11.6. The molecule has 114 valence electrons. The molecule has 1 aromatic rings. The van der Waals surface area contributed by atoms with E-state index in [9.17, 15) is 9.59 Å². The van der Waals surface area contributed by atoms with E-state index in [0.717, 1.165) is 24.5 Å². The molecular weight excluding hydrogens is 268 g/mol. The van der Waals surface area contributed by atoms with Gasteiger partial charge in [0.1, 0.15) is 11.8 Å². The molecule has 0 radical (unpaired) electrons. The number of nitrogens with one attached hydrogen (secondary N) is 1. The summed E-state index contributed by atoms with van der Waals surface area (Å²) >= 11 is 0. The van der Waals surface area contributed by atoms with Crippen molar-refractivity contribution in [3.05, 3.63) is 24.3 Å². The van der Waals surface area contributed by atoms with Crippen LogP contribution in [-0.2, 0) is 14.3 Å². The predicted molar refractivity (Wildman–Crippen MR) is 82.6 cm³/mol. The number of piperidine rings is 1. The third-order valence-electron chi connectivity index (χ3n) is 3.58. The monoisotopic (exact) mass is 290 g/mol. The summed E-state index contributed by atoms with van der Waals surface area (Å²) in [5.41, 5.74) is 1.99. The van der Waals surface area contributed by atoms with Crippen LogP contribution in [0.5, 0.6) is 0 Å². The van der Waals surface area contributed by atoms with Crippen LogP contribution in [0.4, 0.5) is 11.4 Å². The molecule has 2 rings (SSSR count). The van der Waals surface area contributed by atoms with Crippen molar-refractivity contribution in [1.29, 1.82) is 0 Å². The number of hydrogen-bond donors (Lipinski definition) is 1. The molecule has 0 aliphatic carbocycles. The molecule has 0 aromatic heterocycles. The number of carbonyl (C=O) groups is 2. The molecule has 1 aliphatic rings. The van der Waals surface area contributed by atoms with Crippen molar-refractivity contribution in [1.82, 2.24) is 0 Å². The van der Waals surface area contributed by atoms with Gasteiger partial charge in [0.25, 0.3) is 0 Å². The summed E-state index contributed by atoms with van der Waals surface area (Å²) in [5.74, 6) is 0.0870. The molecule has 21 heavy (non-hydrogen) atoms. The Kier molecular flexibility index (Phi) is 5.20. The van der Waals surface area contributed by atoms with Crippen LogP contribution in [0.15, 0.2) is 24.3 Å². The molecule has 1 atom stereocenters. The SMILES string of the molecule is CCOC(=O)C(C)Nc1ccc(N2CCC(=O)CC2)cc1. The van der Waals surface area contributed by atoms with Crippen LogP contribution in [0.3, 0.4) is 0 Å². The van der Waals surface area contributed by atoms with E-state index in [1.165, 1.54) is 0 Å². The van der Waals surface area contributed by atoms with Crippen molar-refractivity contribution in [2.75, 3.05) is 29.9 Å². The Bertz CT molecular complexity index is 489. The first-order chi connectivity index (χ1) is 10.1. The average molecular weight is 290 g/mol. The second-order valence-electron chi connectivity index (χ2n) is 5.19. The highest BCUT2D eigenvalue weighted by Crippen LogP contribution is 2.21. The fourth-order valence-electron chi connectivity index (χ4n) is 2.36. The molecule has 0 spiro atoms. The molecule has 1 heterocycles. The van der Waals surface area contributed by atoms with Crippen molar-refractivity contribution in [2.24, 2.45) is 0 Å². The van der Waals surface area contributed by atoms with Crippen LogP contribution < -0.4 is 10.2 Å². The number of ketones is 1. The number of Topliss-reactive ketones (excluding diaryl/α,β-unsaturated/α-hetero) is 1. The van der Waals surface area contributed by atoms with Crippen LogP contribution in [0, 0.1) is 0 Å². The van der Waals surface area contributed by atoms with Gasteiger partial charge >= 0.3 is 5.97 Å². The van der Waals surface area contributed by atoms with Crippen LogP contribution in [0.1, 0.15) is 26.7 Å². The molecule has 1 unspecified atom stereocenters. The summed E-state index contributed by atoms with van der Waals surface area (Å²) in [7, 11) is 0. The topological polar surface area (TPSA) is 58.6 Å². The lowest BCUT2D eigenvalue weighted by molar-refractivity contribution is -0.143. The largest absolute Gasteiger partial charge is 0.464 e. The van der Waals surface area contributed by atoms with E-state index in [1.807, 2.05) is 24.3 Å². The zero-order chi connectivity index (χ0) is 15.2. The third-order valence-corrected chi connectivity index (χ3v) is 3.58. The average Bonchev–Trinajstić information content (AvgIpc) is 2.49. The molecule has 5 heteroatoms. The molecule has 1 saturated heterocycles. The van der Waals surface area contributed by atoms with Gasteiger partial charge in [-0.25, -0.2) is 4.79 Å². The summed E-state index contributed by atoms with van der Waals surface area (Å²) in [6, 6.07) is 7.54. The summed E-state index contributed by atoms with van der Waals surface area (Å²) in [6.07, 6.45) is 1.25. The Balaban J connectivity index is 1.92. The highest BCUT2D eigenvalue weighted by atomic mass is 16.5. The van der Waals surface area contributed by atoms with Gasteiger partial charge in [-0.15, -0.1) is 0 Å². The number of anilines is 2. The minimum atomic E-state index is -0.372. The number of ether oxygens (including phenoxy) is 1. The maximum Gasteiger partial charge on any atom is 0.328 e. The van der Waals surface area contributed by atoms with E-state index in [0.29, 0.717) is 25.2 Å². The lowest BCUT2D eigenvalue weighted by Gasteiger charge is -2.28. The first-order valence-electron chi connectivity index (χ1n) is 7.40. The van der Waals surface area contributed by atoms with Crippen molar-refractivity contribution >= 4 is 23.1 Å². The quantitative estimate of drug-likeness (QED) is 0.843. The first kappa shape index (κ1) is 15.4. The Hall–Kier alpha value is -2.04. The van der Waals surface area contributed by atoms with Crippen LogP contribution in [-0.4, -0.2) is 37.5 Å². The van der Waals surface area contributed by atoms with E-state index in [2.05, 4.69) is 10.2 Å². The third kappa shape index (κ3) is 4.21. The smallest absolute Gasteiger partial charge is 0.328 e. The van der Waals surface area contributed by atoms with E-state index >= 15 is 0 Å². The van der Waals surface area contributed by atoms with Crippen LogP contribution >= 0.6 is 0 Å². The normalized spacial score (nSPS) is 16.5. The lowest BCUT2D eigenvalue weighted by atomic mass is 10.1. The van der Waals surface area contributed by atoms with Crippen LogP contribution in [0.25, 0.3) is 0 Å². The first-order valence-corrected chi connectivity index (χ1v) is 7.40. The number of benzene rings is 1. The Morgan fingerprint density at radius 3 is 2.48 bits per heavy atom. The number of nitrogens with zero attached hydrogens (tertiary/aromatic N) is 1. The van der Waals surface area contributed by atoms with Crippen molar-refractivity contribution in [3.63, 3.8) is 0 Å². The van der Waals surface area contributed by atoms with Crippen LogP contribution in [0.2, 0.25) is 0 Å². The maximum absolute atomic E-state index is 11.6. The zero-order valence-corrected chi connectivity index (χ0v) is 12.6. The van der Waals surface area contributed by atoms with E-state index < -0.39 is 0 Å². The number of rotatable bonds is 5. The number of esters is 1. The second-order valence-corrected chi connectivity index (χ2v) is 5.19. The van der Waals surface area contributed by atoms with Gasteiger partial charge in [0, 0.05) is 37.3 Å². The fourth-order valence-corrected chi connectivity index (χ4v) is 2.36. The molecule has 1 N–H and O–H groups in total. The molecule has 0 amide bonds. The van der Waals surface area contributed by atoms with Crippen molar-refractivity contribution in [2.45, 2.75) is 32.7 Å². The van der Waals surface area contributed by atoms with Crippen molar-refractivity contribution < 1.29 is 14.3 Å². The van der Waals surface area contributed by atoms with Gasteiger partial charge in [-0.3, -0.25) is 4.79 Å². The van der Waals surface area contributed by atoms with Gasteiger partial charge in [0.05, 0.1) is 6.61 Å². The predicted octanol–water partition coefficient (Wildman–Crippen LogP) is 2.22. The Morgan fingerprint density at radius 2 is 1.90 bits per heavy atom. The summed E-state index contributed by atoms with van der Waals surface area (Å²) in [4.78, 5) is 25.0. The van der Waals surface area contributed by atoms with Gasteiger partial charge < -0.3 is 15.0 Å². The molecular formula is C16H22N2O3. The minimum absolute atomic E-state index is 0.254. The van der Waals surface area contributed by atoms with Gasteiger partial charge in [-0.1, -0.05) is 0 Å². The summed E-state index contributed by atoms with van der Waals surface area (Å²) < 4.78 is 4.96.